The molecule has 0 nitrogen and oxygen atoms in total. The van der Waals surface area contributed by atoms with Crippen molar-refractivity contribution in [2.45, 2.75) is 20.8 Å². The highest BCUT2D eigenvalue weighted by Gasteiger charge is 2.05. The van der Waals surface area contributed by atoms with Crippen LogP contribution in [0.3, 0.4) is 0 Å². The molecule has 0 saturated carbocycles. The molecule has 0 aromatic heterocycles. The Morgan fingerprint density at radius 2 is 0.600 bits per heavy atom. The molecule has 0 saturated heterocycles. The minimum absolute atomic E-state index is 0.891. The average Bonchev–Trinajstić information content (AvgIpc) is 3.07. The summed E-state index contributed by atoms with van der Waals surface area (Å²) in [5.41, 5.74) is 9.31. The van der Waals surface area contributed by atoms with Crippen LogP contribution in [0.5, 0.6) is 0 Å². The van der Waals surface area contributed by atoms with Crippen LogP contribution in [0, 0.1) is 56.3 Å². The van der Waals surface area contributed by atoms with Gasteiger partial charge in [0.05, 0.1) is 0 Å². The standard InChI is InChI=1S/C45H30/c1-31-16-22-37-10-4-7-13-43(37)40(31)25-19-34-28-35(20-26-41-32(2)17-23-38-11-5-8-14-44(38)41)30-36(29-34)21-27-42-33(3)18-24-39-12-6-9-15-45(39)42/h4-18,22-24,28-30H,1-3H3. The molecule has 0 unspecified atom stereocenters. The molecule has 7 rings (SSSR count). The maximum atomic E-state index is 3.49. The third kappa shape index (κ3) is 5.69. The minimum atomic E-state index is 0.891. The Balaban J connectivity index is 1.38. The minimum Gasteiger partial charge on any atom is -0.0616 e. The van der Waals surface area contributed by atoms with Crippen LogP contribution in [0.2, 0.25) is 0 Å². The van der Waals surface area contributed by atoms with Gasteiger partial charge in [-0.05, 0) is 88.0 Å². The second kappa shape index (κ2) is 11.9. The van der Waals surface area contributed by atoms with Gasteiger partial charge in [0.15, 0.2) is 0 Å². The van der Waals surface area contributed by atoms with E-state index in [9.17, 15) is 0 Å². The van der Waals surface area contributed by atoms with E-state index >= 15 is 0 Å². The van der Waals surface area contributed by atoms with Crippen LogP contribution in [0.25, 0.3) is 32.3 Å². The molecule has 7 aromatic carbocycles. The molecular weight excluding hydrogens is 540 g/mol. The lowest BCUT2D eigenvalue weighted by Crippen LogP contribution is -1.89. The fraction of sp³-hybridized carbons (Fsp3) is 0.0667. The quantitative estimate of drug-likeness (QED) is 0.159. The summed E-state index contributed by atoms with van der Waals surface area (Å²) < 4.78 is 0. The molecule has 0 radical (unpaired) electrons. The van der Waals surface area contributed by atoms with Crippen LogP contribution < -0.4 is 0 Å². The molecule has 0 spiro atoms. The van der Waals surface area contributed by atoms with E-state index in [2.05, 4.69) is 184 Å². The predicted octanol–water partition coefficient (Wildman–Crippen LogP) is 10.3. The number of hydrogen-bond donors (Lipinski definition) is 0. The molecule has 210 valence electrons. The molecule has 0 amide bonds. The zero-order chi connectivity index (χ0) is 30.8. The van der Waals surface area contributed by atoms with Gasteiger partial charge in [-0.15, -0.1) is 0 Å². The van der Waals surface area contributed by atoms with Crippen molar-refractivity contribution in [2.24, 2.45) is 0 Å². The SMILES string of the molecule is Cc1ccc2ccccc2c1C#Cc1cc(C#Cc2c(C)ccc3ccccc23)cc(C#Cc2c(C)ccc3ccccc23)c1. The summed E-state index contributed by atoms with van der Waals surface area (Å²) in [6, 6.07) is 44.4. The van der Waals surface area contributed by atoms with Crippen LogP contribution in [0.4, 0.5) is 0 Å². The van der Waals surface area contributed by atoms with Crippen molar-refractivity contribution in [3.05, 3.63) is 177 Å². The number of benzene rings is 7. The number of rotatable bonds is 0. The summed E-state index contributed by atoms with van der Waals surface area (Å²) in [7, 11) is 0. The van der Waals surface area contributed by atoms with E-state index in [0.717, 1.165) is 50.1 Å². The van der Waals surface area contributed by atoms with Gasteiger partial charge in [0, 0.05) is 33.4 Å². The van der Waals surface area contributed by atoms with E-state index in [1.54, 1.807) is 0 Å². The Labute approximate surface area is 265 Å². The first-order valence-electron chi connectivity index (χ1n) is 15.2. The van der Waals surface area contributed by atoms with Crippen LogP contribution in [-0.2, 0) is 0 Å². The third-order valence-corrected chi connectivity index (χ3v) is 8.34. The van der Waals surface area contributed by atoms with Gasteiger partial charge in [0.25, 0.3) is 0 Å². The summed E-state index contributed by atoms with van der Waals surface area (Å²) in [6.45, 7) is 6.36. The van der Waals surface area contributed by atoms with E-state index < -0.39 is 0 Å². The van der Waals surface area contributed by atoms with Crippen molar-refractivity contribution in [3.8, 4) is 35.5 Å². The number of hydrogen-bond acceptors (Lipinski definition) is 0. The fourth-order valence-electron chi connectivity index (χ4n) is 5.89. The molecule has 0 heteroatoms. The molecule has 0 bridgehead atoms. The second-order valence-electron chi connectivity index (χ2n) is 11.5. The first-order chi connectivity index (χ1) is 22.0. The fourth-order valence-corrected chi connectivity index (χ4v) is 5.89. The summed E-state index contributed by atoms with van der Waals surface area (Å²) in [5.74, 6) is 20.9. The highest BCUT2D eigenvalue weighted by molar-refractivity contribution is 5.91. The van der Waals surface area contributed by atoms with Gasteiger partial charge in [0.1, 0.15) is 0 Å². The van der Waals surface area contributed by atoms with Gasteiger partial charge < -0.3 is 0 Å². The van der Waals surface area contributed by atoms with E-state index in [4.69, 9.17) is 0 Å². The summed E-state index contributed by atoms with van der Waals surface area (Å²) in [5, 5.41) is 7.06. The Morgan fingerprint density at radius 1 is 0.311 bits per heavy atom. The van der Waals surface area contributed by atoms with Crippen molar-refractivity contribution in [2.75, 3.05) is 0 Å². The van der Waals surface area contributed by atoms with Crippen LogP contribution in [0.1, 0.15) is 50.1 Å². The predicted molar refractivity (Wildman–Crippen MR) is 190 cm³/mol. The molecule has 0 heterocycles. The lowest BCUT2D eigenvalue weighted by atomic mass is 9.98. The van der Waals surface area contributed by atoms with Crippen molar-refractivity contribution >= 4 is 32.3 Å². The highest BCUT2D eigenvalue weighted by Crippen LogP contribution is 2.24. The first kappa shape index (κ1) is 27.8. The lowest BCUT2D eigenvalue weighted by Gasteiger charge is -2.05. The van der Waals surface area contributed by atoms with Crippen molar-refractivity contribution in [3.63, 3.8) is 0 Å². The van der Waals surface area contributed by atoms with Crippen LogP contribution in [0.15, 0.2) is 127 Å². The average molecular weight is 571 g/mol. The van der Waals surface area contributed by atoms with E-state index in [1.165, 1.54) is 32.3 Å². The highest BCUT2D eigenvalue weighted by atomic mass is 14.1. The second-order valence-corrected chi connectivity index (χ2v) is 11.5. The molecule has 0 aliphatic rings. The zero-order valence-electron chi connectivity index (χ0n) is 25.6. The zero-order valence-corrected chi connectivity index (χ0v) is 25.6. The Bertz CT molecular complexity index is 2180. The molecule has 0 N–H and O–H groups in total. The monoisotopic (exact) mass is 570 g/mol. The van der Waals surface area contributed by atoms with Gasteiger partial charge in [-0.1, -0.05) is 145 Å². The molecule has 0 aliphatic carbocycles. The topological polar surface area (TPSA) is 0 Å². The van der Waals surface area contributed by atoms with Crippen LogP contribution in [-0.4, -0.2) is 0 Å². The molecule has 45 heavy (non-hydrogen) atoms. The third-order valence-electron chi connectivity index (χ3n) is 8.34. The summed E-state index contributed by atoms with van der Waals surface area (Å²) >= 11 is 0. The maximum Gasteiger partial charge on any atom is 0.0356 e. The van der Waals surface area contributed by atoms with E-state index in [0.29, 0.717) is 0 Å². The Kier molecular flexibility index (Phi) is 7.38. The largest absolute Gasteiger partial charge is 0.0616 e. The number of aryl methyl sites for hydroxylation is 3. The molecular formula is C45H30. The molecule has 0 fully saturated rings. The molecule has 0 atom stereocenters. The van der Waals surface area contributed by atoms with Gasteiger partial charge in [-0.25, -0.2) is 0 Å². The Hall–Kier alpha value is -6.00. The molecule has 0 aliphatic heterocycles. The normalized spacial score (nSPS) is 10.5. The molecule has 7 aromatic rings. The van der Waals surface area contributed by atoms with Gasteiger partial charge >= 0.3 is 0 Å². The Morgan fingerprint density at radius 3 is 0.911 bits per heavy atom. The van der Waals surface area contributed by atoms with Crippen molar-refractivity contribution in [1.82, 2.24) is 0 Å². The van der Waals surface area contributed by atoms with Gasteiger partial charge in [-0.2, -0.15) is 0 Å². The lowest BCUT2D eigenvalue weighted by molar-refractivity contribution is 1.46. The van der Waals surface area contributed by atoms with Crippen molar-refractivity contribution < 1.29 is 0 Å². The first-order valence-corrected chi connectivity index (χ1v) is 15.2. The van der Waals surface area contributed by atoms with Gasteiger partial charge in [-0.3, -0.25) is 0 Å². The van der Waals surface area contributed by atoms with Crippen LogP contribution >= 0.6 is 0 Å². The number of fused-ring (bicyclic) bond motifs is 3. The van der Waals surface area contributed by atoms with E-state index in [1.807, 2.05) is 0 Å². The smallest absolute Gasteiger partial charge is 0.0356 e. The van der Waals surface area contributed by atoms with Gasteiger partial charge in [0.2, 0.25) is 0 Å². The summed E-state index contributed by atoms with van der Waals surface area (Å²) in [4.78, 5) is 0. The maximum absolute atomic E-state index is 3.49. The van der Waals surface area contributed by atoms with E-state index in [-0.39, 0.29) is 0 Å². The van der Waals surface area contributed by atoms with Crippen molar-refractivity contribution in [1.29, 1.82) is 0 Å². The summed E-state index contributed by atoms with van der Waals surface area (Å²) in [6.07, 6.45) is 0.